The Balaban J connectivity index is 2.35. The van der Waals surface area contributed by atoms with Gasteiger partial charge < -0.3 is 4.98 Å². The molecule has 0 radical (unpaired) electrons. The molecule has 2 rings (SSSR count). The average molecular weight is 255 g/mol. The summed E-state index contributed by atoms with van der Waals surface area (Å²) in [6.45, 7) is 0. The van der Waals surface area contributed by atoms with Gasteiger partial charge in [-0.2, -0.15) is 18.2 Å². The maximum Gasteiger partial charge on any atom is 0.433 e. The molecule has 4 nitrogen and oxygen atoms in total. The lowest BCUT2D eigenvalue weighted by molar-refractivity contribution is -0.141. The molecule has 0 spiro atoms. The predicted molar refractivity (Wildman–Crippen MR) is 56.9 cm³/mol. The van der Waals surface area contributed by atoms with Gasteiger partial charge in [0.25, 0.3) is 0 Å². The fourth-order valence-corrected chi connectivity index (χ4v) is 1.47. The van der Waals surface area contributed by atoms with Crippen LogP contribution in [-0.2, 0) is 12.6 Å². The van der Waals surface area contributed by atoms with Gasteiger partial charge in [-0.3, -0.25) is 4.98 Å². The molecule has 0 aliphatic heterocycles. The Kier molecular flexibility index (Phi) is 3.14. The van der Waals surface area contributed by atoms with E-state index in [2.05, 4.69) is 15.0 Å². The van der Waals surface area contributed by atoms with Gasteiger partial charge in [0, 0.05) is 24.5 Å². The zero-order chi connectivity index (χ0) is 13.2. The van der Waals surface area contributed by atoms with Crippen molar-refractivity contribution in [2.24, 2.45) is 0 Å². The summed E-state index contributed by atoms with van der Waals surface area (Å²) in [6, 6.07) is 4.20. The Bertz CT molecular complexity index is 592. The van der Waals surface area contributed by atoms with Gasteiger partial charge >= 0.3 is 11.9 Å². The Morgan fingerprint density at radius 3 is 2.72 bits per heavy atom. The van der Waals surface area contributed by atoms with Crippen molar-refractivity contribution < 1.29 is 13.2 Å². The summed E-state index contributed by atoms with van der Waals surface area (Å²) < 4.78 is 37.4. The summed E-state index contributed by atoms with van der Waals surface area (Å²) in [5.41, 5.74) is -1.35. The maximum atomic E-state index is 12.5. The number of hydrogen-bond donors (Lipinski definition) is 1. The second kappa shape index (κ2) is 4.59. The SMILES string of the molecule is O=c1nc(C(F)(F)F)cc(Cc2cccnc2)[nH]1. The van der Waals surface area contributed by atoms with Crippen molar-refractivity contribution in [3.63, 3.8) is 0 Å². The molecule has 0 atom stereocenters. The number of halogens is 3. The Hall–Kier alpha value is -2.18. The van der Waals surface area contributed by atoms with Crippen LogP contribution in [0.4, 0.5) is 13.2 Å². The van der Waals surface area contributed by atoms with Crippen LogP contribution in [0.1, 0.15) is 17.0 Å². The molecule has 0 aliphatic rings. The standard InChI is InChI=1S/C11H8F3N3O/c12-11(13,14)9-5-8(16-10(18)17-9)4-7-2-1-3-15-6-7/h1-3,5-6H,4H2,(H,16,17,18). The van der Waals surface area contributed by atoms with Crippen molar-refractivity contribution in [3.8, 4) is 0 Å². The topological polar surface area (TPSA) is 58.6 Å². The molecule has 0 saturated carbocycles. The molecule has 0 saturated heterocycles. The number of nitrogens with zero attached hydrogens (tertiary/aromatic N) is 2. The number of H-pyrrole nitrogens is 1. The number of pyridine rings is 1. The van der Waals surface area contributed by atoms with Crippen LogP contribution < -0.4 is 5.69 Å². The summed E-state index contributed by atoms with van der Waals surface area (Å²) >= 11 is 0. The number of alkyl halides is 3. The molecular formula is C11H8F3N3O. The molecule has 1 N–H and O–H groups in total. The largest absolute Gasteiger partial charge is 0.433 e. The third kappa shape index (κ3) is 2.93. The van der Waals surface area contributed by atoms with Crippen LogP contribution in [0.25, 0.3) is 0 Å². The molecule has 2 aromatic heterocycles. The van der Waals surface area contributed by atoms with Crippen LogP contribution in [0.2, 0.25) is 0 Å². The van der Waals surface area contributed by atoms with E-state index in [1.165, 1.54) is 6.20 Å². The first kappa shape index (κ1) is 12.3. The second-order valence-corrected chi connectivity index (χ2v) is 3.63. The normalized spacial score (nSPS) is 11.5. The van der Waals surface area contributed by atoms with Crippen LogP contribution in [0.15, 0.2) is 35.4 Å². The fourth-order valence-electron chi connectivity index (χ4n) is 1.47. The van der Waals surface area contributed by atoms with Crippen molar-refractivity contribution in [2.45, 2.75) is 12.6 Å². The smallest absolute Gasteiger partial charge is 0.309 e. The van der Waals surface area contributed by atoms with Gasteiger partial charge in [0.1, 0.15) is 0 Å². The van der Waals surface area contributed by atoms with Gasteiger partial charge in [-0.15, -0.1) is 0 Å². The highest BCUT2D eigenvalue weighted by atomic mass is 19.4. The van der Waals surface area contributed by atoms with E-state index >= 15 is 0 Å². The number of nitrogens with one attached hydrogen (secondary N) is 1. The first-order chi connectivity index (χ1) is 8.45. The first-order valence-corrected chi connectivity index (χ1v) is 5.01. The fraction of sp³-hybridized carbons (Fsp3) is 0.182. The van der Waals surface area contributed by atoms with Gasteiger partial charge in [0.15, 0.2) is 5.69 Å². The quantitative estimate of drug-likeness (QED) is 0.889. The molecule has 0 aromatic carbocycles. The predicted octanol–water partition coefficient (Wildman–Crippen LogP) is 1.77. The molecule has 0 bridgehead atoms. The summed E-state index contributed by atoms with van der Waals surface area (Å²) in [5.74, 6) is 0. The number of hydrogen-bond acceptors (Lipinski definition) is 3. The lowest BCUT2D eigenvalue weighted by Crippen LogP contribution is -2.20. The van der Waals surface area contributed by atoms with Gasteiger partial charge in [-0.1, -0.05) is 6.07 Å². The van der Waals surface area contributed by atoms with Gasteiger partial charge in [-0.25, -0.2) is 4.79 Å². The van der Waals surface area contributed by atoms with E-state index in [4.69, 9.17) is 0 Å². The van der Waals surface area contributed by atoms with E-state index in [9.17, 15) is 18.0 Å². The first-order valence-electron chi connectivity index (χ1n) is 5.01. The monoisotopic (exact) mass is 255 g/mol. The molecule has 0 aliphatic carbocycles. The van der Waals surface area contributed by atoms with E-state index in [0.29, 0.717) is 5.56 Å². The summed E-state index contributed by atoms with van der Waals surface area (Å²) in [6.07, 6.45) is -1.39. The minimum atomic E-state index is -4.63. The number of rotatable bonds is 2. The third-order valence-corrected chi connectivity index (χ3v) is 2.21. The zero-order valence-electron chi connectivity index (χ0n) is 9.03. The van der Waals surface area contributed by atoms with E-state index in [0.717, 1.165) is 6.07 Å². The molecule has 94 valence electrons. The zero-order valence-corrected chi connectivity index (χ0v) is 9.03. The number of aromatic nitrogens is 3. The van der Waals surface area contributed by atoms with Gasteiger partial charge in [0.2, 0.25) is 0 Å². The van der Waals surface area contributed by atoms with Crippen LogP contribution in [-0.4, -0.2) is 15.0 Å². The molecule has 2 heterocycles. The van der Waals surface area contributed by atoms with Crippen molar-refractivity contribution in [3.05, 3.63) is 58.0 Å². The van der Waals surface area contributed by atoms with Crippen LogP contribution in [0.3, 0.4) is 0 Å². The summed E-state index contributed by atoms with van der Waals surface area (Å²) in [7, 11) is 0. The highest BCUT2D eigenvalue weighted by Gasteiger charge is 2.33. The van der Waals surface area contributed by atoms with Crippen molar-refractivity contribution >= 4 is 0 Å². The summed E-state index contributed by atoms with van der Waals surface area (Å²) in [4.78, 5) is 20.1. The third-order valence-electron chi connectivity index (χ3n) is 2.21. The minimum absolute atomic E-state index is 0.148. The molecule has 2 aromatic rings. The van der Waals surface area contributed by atoms with Crippen molar-refractivity contribution in [1.82, 2.24) is 15.0 Å². The molecule has 18 heavy (non-hydrogen) atoms. The maximum absolute atomic E-state index is 12.5. The molecular weight excluding hydrogens is 247 g/mol. The van der Waals surface area contributed by atoms with Crippen molar-refractivity contribution in [1.29, 1.82) is 0 Å². The van der Waals surface area contributed by atoms with Gasteiger partial charge in [0.05, 0.1) is 0 Å². The highest BCUT2D eigenvalue weighted by Crippen LogP contribution is 2.26. The van der Waals surface area contributed by atoms with Gasteiger partial charge in [-0.05, 0) is 17.7 Å². The van der Waals surface area contributed by atoms with Crippen molar-refractivity contribution in [2.75, 3.05) is 0 Å². The molecule has 0 fully saturated rings. The Labute approximate surface area is 99.5 Å². The Morgan fingerprint density at radius 2 is 2.11 bits per heavy atom. The highest BCUT2D eigenvalue weighted by molar-refractivity contribution is 5.20. The molecule has 0 amide bonds. The summed E-state index contributed by atoms with van der Waals surface area (Å²) in [5, 5.41) is 0. The van der Waals surface area contributed by atoms with Crippen LogP contribution >= 0.6 is 0 Å². The van der Waals surface area contributed by atoms with E-state index in [-0.39, 0.29) is 12.1 Å². The van der Waals surface area contributed by atoms with E-state index < -0.39 is 17.6 Å². The van der Waals surface area contributed by atoms with E-state index in [1.807, 2.05) is 0 Å². The van der Waals surface area contributed by atoms with E-state index in [1.54, 1.807) is 18.3 Å². The minimum Gasteiger partial charge on any atom is -0.309 e. The lowest BCUT2D eigenvalue weighted by Gasteiger charge is -2.07. The molecule has 0 unspecified atom stereocenters. The number of aromatic amines is 1. The van der Waals surface area contributed by atoms with Crippen LogP contribution in [0, 0.1) is 0 Å². The second-order valence-electron chi connectivity index (χ2n) is 3.63. The average Bonchev–Trinajstić information content (AvgIpc) is 2.28. The molecule has 7 heteroatoms. The lowest BCUT2D eigenvalue weighted by atomic mass is 10.1. The Morgan fingerprint density at radius 1 is 1.33 bits per heavy atom. The van der Waals surface area contributed by atoms with Crippen LogP contribution in [0.5, 0.6) is 0 Å².